The number of rotatable bonds is 4. The molecule has 0 fully saturated rings. The summed E-state index contributed by atoms with van der Waals surface area (Å²) in [5.41, 5.74) is 4.84. The molecular weight excluding hydrogens is 294 g/mol. The molecule has 4 aromatic rings. The van der Waals surface area contributed by atoms with Crippen molar-refractivity contribution >= 4 is 10.9 Å². The molecule has 0 aliphatic carbocycles. The lowest BCUT2D eigenvalue weighted by Gasteiger charge is -2.07. The second-order valence-electron chi connectivity index (χ2n) is 5.97. The van der Waals surface area contributed by atoms with Crippen molar-refractivity contribution in [3.05, 3.63) is 90.6 Å². The van der Waals surface area contributed by atoms with Crippen LogP contribution in [0.4, 0.5) is 0 Å². The van der Waals surface area contributed by atoms with Crippen LogP contribution < -0.4 is 4.74 Å². The van der Waals surface area contributed by atoms with Crippen LogP contribution in [0.3, 0.4) is 0 Å². The molecule has 1 aromatic heterocycles. The molecule has 0 radical (unpaired) electrons. The molecule has 0 bridgehead atoms. The van der Waals surface area contributed by atoms with Crippen molar-refractivity contribution < 1.29 is 4.74 Å². The van der Waals surface area contributed by atoms with Crippen molar-refractivity contribution in [3.63, 3.8) is 0 Å². The predicted octanol–water partition coefficient (Wildman–Crippen LogP) is 5.42. The molecule has 24 heavy (non-hydrogen) atoms. The zero-order chi connectivity index (χ0) is 16.4. The average molecular weight is 313 g/mol. The Morgan fingerprint density at radius 3 is 2.29 bits per heavy atom. The molecule has 0 aliphatic heterocycles. The molecule has 4 rings (SSSR count). The van der Waals surface area contributed by atoms with Crippen LogP contribution in [0.1, 0.15) is 5.56 Å². The monoisotopic (exact) mass is 313 g/mol. The minimum absolute atomic E-state index is 0.583. The lowest BCUT2D eigenvalue weighted by Crippen LogP contribution is -1.94. The molecule has 0 saturated carbocycles. The minimum atomic E-state index is 0.583. The Hall–Kier alpha value is -3.00. The van der Waals surface area contributed by atoms with Crippen molar-refractivity contribution in [3.8, 4) is 16.9 Å². The van der Waals surface area contributed by atoms with E-state index in [0.29, 0.717) is 6.61 Å². The van der Waals surface area contributed by atoms with Gasteiger partial charge < -0.3 is 9.30 Å². The van der Waals surface area contributed by atoms with E-state index in [1.54, 1.807) is 0 Å². The smallest absolute Gasteiger partial charge is 0.120 e. The Morgan fingerprint density at radius 2 is 1.54 bits per heavy atom. The third-order valence-corrected chi connectivity index (χ3v) is 4.29. The van der Waals surface area contributed by atoms with Crippen LogP contribution >= 0.6 is 0 Å². The van der Waals surface area contributed by atoms with Gasteiger partial charge in [0.1, 0.15) is 12.4 Å². The first-order valence-corrected chi connectivity index (χ1v) is 8.12. The molecule has 118 valence electrons. The predicted molar refractivity (Wildman–Crippen MR) is 99.1 cm³/mol. The molecule has 3 aromatic carbocycles. The Bertz CT molecular complexity index is 955. The average Bonchev–Trinajstić information content (AvgIpc) is 2.98. The zero-order valence-corrected chi connectivity index (χ0v) is 13.6. The quantitative estimate of drug-likeness (QED) is 0.490. The molecule has 0 saturated heterocycles. The van der Waals surface area contributed by atoms with E-state index < -0.39 is 0 Å². The molecule has 0 unspecified atom stereocenters. The topological polar surface area (TPSA) is 14.2 Å². The van der Waals surface area contributed by atoms with Crippen LogP contribution in [-0.4, -0.2) is 4.57 Å². The number of aryl methyl sites for hydroxylation is 1. The summed E-state index contributed by atoms with van der Waals surface area (Å²) in [5, 5.41) is 1.22. The van der Waals surface area contributed by atoms with Gasteiger partial charge in [-0.25, -0.2) is 0 Å². The van der Waals surface area contributed by atoms with Gasteiger partial charge in [0.15, 0.2) is 0 Å². The maximum atomic E-state index is 5.99. The van der Waals surface area contributed by atoms with E-state index in [1.165, 1.54) is 27.6 Å². The van der Waals surface area contributed by atoms with Crippen molar-refractivity contribution in [1.29, 1.82) is 0 Å². The number of nitrogens with zero attached hydrogens (tertiary/aromatic N) is 1. The maximum absolute atomic E-state index is 5.99. The van der Waals surface area contributed by atoms with Gasteiger partial charge >= 0.3 is 0 Å². The molecule has 0 aliphatic rings. The summed E-state index contributed by atoms with van der Waals surface area (Å²) in [6, 6.07) is 27.0. The molecule has 1 heterocycles. The summed E-state index contributed by atoms with van der Waals surface area (Å²) in [7, 11) is 2.08. The van der Waals surface area contributed by atoms with Gasteiger partial charge in [-0.15, -0.1) is 0 Å². The molecule has 0 amide bonds. The van der Waals surface area contributed by atoms with E-state index in [0.717, 1.165) is 5.75 Å². The van der Waals surface area contributed by atoms with Gasteiger partial charge in [-0.05, 0) is 29.3 Å². The number of ether oxygens (including phenoxy) is 1. The van der Waals surface area contributed by atoms with Gasteiger partial charge in [0.25, 0.3) is 0 Å². The Morgan fingerprint density at radius 1 is 0.833 bits per heavy atom. The maximum Gasteiger partial charge on any atom is 0.120 e. The van der Waals surface area contributed by atoms with Crippen molar-refractivity contribution in [2.45, 2.75) is 6.61 Å². The summed E-state index contributed by atoms with van der Waals surface area (Å²) in [5.74, 6) is 0.898. The van der Waals surface area contributed by atoms with E-state index in [4.69, 9.17) is 4.74 Å². The summed E-state index contributed by atoms with van der Waals surface area (Å²) in [4.78, 5) is 0. The van der Waals surface area contributed by atoms with Crippen LogP contribution in [0.2, 0.25) is 0 Å². The molecule has 2 heteroatoms. The lowest BCUT2D eigenvalue weighted by atomic mass is 10.0. The molecule has 0 spiro atoms. The van der Waals surface area contributed by atoms with Gasteiger partial charge in [-0.2, -0.15) is 0 Å². The highest BCUT2D eigenvalue weighted by Gasteiger charge is 2.09. The van der Waals surface area contributed by atoms with E-state index in [-0.39, 0.29) is 0 Å². The van der Waals surface area contributed by atoms with E-state index in [2.05, 4.69) is 66.3 Å². The van der Waals surface area contributed by atoms with Crippen LogP contribution in [0.15, 0.2) is 85.1 Å². The number of hydrogen-bond acceptors (Lipinski definition) is 1. The van der Waals surface area contributed by atoms with Crippen LogP contribution in [0.25, 0.3) is 22.0 Å². The fourth-order valence-corrected chi connectivity index (χ4v) is 3.05. The van der Waals surface area contributed by atoms with E-state index in [1.807, 2.05) is 30.3 Å². The largest absolute Gasteiger partial charge is 0.489 e. The minimum Gasteiger partial charge on any atom is -0.489 e. The van der Waals surface area contributed by atoms with Gasteiger partial charge in [0.2, 0.25) is 0 Å². The Labute approximate surface area is 141 Å². The van der Waals surface area contributed by atoms with Crippen molar-refractivity contribution in [2.75, 3.05) is 0 Å². The molecular formula is C22H19NO. The summed E-state index contributed by atoms with van der Waals surface area (Å²) in [6.45, 7) is 0.583. The van der Waals surface area contributed by atoms with E-state index in [9.17, 15) is 0 Å². The fraction of sp³-hybridized carbons (Fsp3) is 0.0909. The SMILES string of the molecule is Cn1cc(-c2ccccc2)c2cc(OCc3ccccc3)ccc21. The van der Waals surface area contributed by atoms with Crippen molar-refractivity contribution in [2.24, 2.45) is 7.05 Å². The first kappa shape index (κ1) is 14.6. The summed E-state index contributed by atoms with van der Waals surface area (Å²) < 4.78 is 8.16. The number of fused-ring (bicyclic) bond motifs is 1. The van der Waals surface area contributed by atoms with Crippen LogP contribution in [0, 0.1) is 0 Å². The number of aromatic nitrogens is 1. The highest BCUT2D eigenvalue weighted by atomic mass is 16.5. The second-order valence-corrected chi connectivity index (χ2v) is 5.97. The van der Waals surface area contributed by atoms with Gasteiger partial charge in [-0.3, -0.25) is 0 Å². The van der Waals surface area contributed by atoms with Gasteiger partial charge in [0, 0.05) is 29.7 Å². The van der Waals surface area contributed by atoms with Gasteiger partial charge in [0.05, 0.1) is 0 Å². The highest BCUT2D eigenvalue weighted by molar-refractivity contribution is 5.96. The highest BCUT2D eigenvalue weighted by Crippen LogP contribution is 2.32. The molecule has 2 nitrogen and oxygen atoms in total. The van der Waals surface area contributed by atoms with E-state index >= 15 is 0 Å². The lowest BCUT2D eigenvalue weighted by molar-refractivity contribution is 0.306. The fourth-order valence-electron chi connectivity index (χ4n) is 3.05. The standard InChI is InChI=1S/C22H19NO/c1-23-15-21(18-10-6-3-7-11-18)20-14-19(12-13-22(20)23)24-16-17-8-4-2-5-9-17/h2-15H,16H2,1H3. The molecule has 0 N–H and O–H groups in total. The molecule has 0 atom stereocenters. The summed E-state index contributed by atoms with van der Waals surface area (Å²) >= 11 is 0. The van der Waals surface area contributed by atoms with Crippen molar-refractivity contribution in [1.82, 2.24) is 4.57 Å². The second kappa shape index (κ2) is 6.25. The van der Waals surface area contributed by atoms with Crippen LogP contribution in [-0.2, 0) is 13.7 Å². The number of hydrogen-bond donors (Lipinski definition) is 0. The van der Waals surface area contributed by atoms with Crippen LogP contribution in [0.5, 0.6) is 5.75 Å². The number of benzene rings is 3. The van der Waals surface area contributed by atoms with Gasteiger partial charge in [-0.1, -0.05) is 60.7 Å². The Balaban J connectivity index is 1.69. The first-order valence-electron chi connectivity index (χ1n) is 8.12. The zero-order valence-electron chi connectivity index (χ0n) is 13.6. The summed E-state index contributed by atoms with van der Waals surface area (Å²) in [6.07, 6.45) is 2.18. The third kappa shape index (κ3) is 2.79. The third-order valence-electron chi connectivity index (χ3n) is 4.29. The first-order chi connectivity index (χ1) is 11.8. The Kier molecular flexibility index (Phi) is 3.80. The normalized spacial score (nSPS) is 10.9.